The lowest BCUT2D eigenvalue weighted by atomic mass is 9.89. The van der Waals surface area contributed by atoms with Crippen molar-refractivity contribution < 1.29 is 26.0 Å². The number of hydrogen-bond acceptors (Lipinski definition) is 2. The van der Waals surface area contributed by atoms with Gasteiger partial charge in [0.2, 0.25) is 14.8 Å². The minimum Gasteiger partial charge on any atom is -0.226 e. The molecular formula is C14H16F4O2S. The van der Waals surface area contributed by atoms with E-state index in [1.165, 1.54) is 0 Å². The number of sulfone groups is 1. The van der Waals surface area contributed by atoms with Gasteiger partial charge < -0.3 is 0 Å². The van der Waals surface area contributed by atoms with Crippen LogP contribution in [-0.2, 0) is 16.0 Å². The molecule has 1 aromatic rings. The summed E-state index contributed by atoms with van der Waals surface area (Å²) in [4.78, 5) is -0.602. The van der Waals surface area contributed by atoms with E-state index in [1.807, 2.05) is 6.92 Å². The fraction of sp³-hybridized carbons (Fsp3) is 0.571. The maximum absolute atomic E-state index is 14.8. The lowest BCUT2D eigenvalue weighted by Crippen LogP contribution is -2.37. The average molecular weight is 324 g/mol. The highest BCUT2D eigenvalue weighted by Crippen LogP contribution is 2.42. The van der Waals surface area contributed by atoms with Gasteiger partial charge in [-0.25, -0.2) is 12.8 Å². The summed E-state index contributed by atoms with van der Waals surface area (Å²) in [5, 5.41) is -2.47. The van der Waals surface area contributed by atoms with Gasteiger partial charge in [0.25, 0.3) is 0 Å². The monoisotopic (exact) mass is 324 g/mol. The molecule has 1 aromatic carbocycles. The Bertz CT molecular complexity index is 614. The molecule has 0 aromatic heterocycles. The van der Waals surface area contributed by atoms with Crippen LogP contribution in [0.25, 0.3) is 0 Å². The Morgan fingerprint density at radius 2 is 1.76 bits per heavy atom. The molecule has 0 bridgehead atoms. The minimum absolute atomic E-state index is 0.174. The van der Waals surface area contributed by atoms with E-state index in [0.717, 1.165) is 18.2 Å². The molecule has 0 saturated heterocycles. The number of halogens is 4. The predicted octanol–water partition coefficient (Wildman–Crippen LogP) is 4.36. The van der Waals surface area contributed by atoms with Crippen molar-refractivity contribution in [3.05, 3.63) is 29.8 Å². The standard InChI is InChI=1S/C14H16F4O2S/c1-10-5-7-13(15,8-6-10)21(19,20)12-4-2-3-11(9-12)14(16,17)18/h2-4,9-10H,5-8H2,1H3. The normalized spacial score (nSPS) is 27.6. The summed E-state index contributed by atoms with van der Waals surface area (Å²) < 4.78 is 77.4. The second-order valence-electron chi connectivity index (χ2n) is 5.59. The average Bonchev–Trinajstić information content (AvgIpc) is 2.41. The molecule has 2 rings (SSSR count). The first-order chi connectivity index (χ1) is 9.56. The zero-order valence-corrected chi connectivity index (χ0v) is 12.3. The molecule has 7 heteroatoms. The maximum Gasteiger partial charge on any atom is 0.416 e. The minimum atomic E-state index is -4.66. The molecule has 0 radical (unpaired) electrons. The number of benzene rings is 1. The molecule has 0 amide bonds. The van der Waals surface area contributed by atoms with Crippen molar-refractivity contribution in [3.8, 4) is 0 Å². The SMILES string of the molecule is CC1CCC(F)(S(=O)(=O)c2cccc(C(F)(F)F)c2)CC1. The van der Waals surface area contributed by atoms with Crippen LogP contribution in [0.15, 0.2) is 29.2 Å². The van der Waals surface area contributed by atoms with E-state index in [4.69, 9.17) is 0 Å². The Kier molecular flexibility index (Phi) is 4.08. The van der Waals surface area contributed by atoms with Crippen molar-refractivity contribution >= 4 is 9.84 Å². The predicted molar refractivity (Wildman–Crippen MR) is 70.1 cm³/mol. The summed E-state index contributed by atoms with van der Waals surface area (Å²) in [5.41, 5.74) is -1.09. The summed E-state index contributed by atoms with van der Waals surface area (Å²) >= 11 is 0. The van der Waals surface area contributed by atoms with Crippen LogP contribution >= 0.6 is 0 Å². The zero-order valence-electron chi connectivity index (χ0n) is 11.5. The van der Waals surface area contributed by atoms with Gasteiger partial charge in [-0.1, -0.05) is 13.0 Å². The van der Waals surface area contributed by atoms with Crippen LogP contribution < -0.4 is 0 Å². The van der Waals surface area contributed by atoms with Crippen molar-refractivity contribution in [3.63, 3.8) is 0 Å². The molecule has 1 aliphatic carbocycles. The summed E-state index contributed by atoms with van der Waals surface area (Å²) in [6.07, 6.45) is -4.18. The summed E-state index contributed by atoms with van der Waals surface area (Å²) in [6.45, 7) is 1.90. The fourth-order valence-electron chi connectivity index (χ4n) is 2.51. The Labute approximate surface area is 121 Å². The van der Waals surface area contributed by atoms with Crippen molar-refractivity contribution in [2.24, 2.45) is 5.92 Å². The van der Waals surface area contributed by atoms with Crippen LogP contribution in [0.2, 0.25) is 0 Å². The summed E-state index contributed by atoms with van der Waals surface area (Å²) in [5.74, 6) is 0.227. The van der Waals surface area contributed by atoms with E-state index in [1.54, 1.807) is 0 Å². The lowest BCUT2D eigenvalue weighted by molar-refractivity contribution is -0.137. The number of rotatable bonds is 2. The summed E-state index contributed by atoms with van der Waals surface area (Å²) in [7, 11) is -4.43. The quantitative estimate of drug-likeness (QED) is 0.758. The molecule has 0 aliphatic heterocycles. The Morgan fingerprint density at radius 3 is 2.29 bits per heavy atom. The van der Waals surface area contributed by atoms with Gasteiger partial charge in [-0.05, 0) is 49.8 Å². The molecular weight excluding hydrogens is 308 g/mol. The van der Waals surface area contributed by atoms with Crippen molar-refractivity contribution in [2.45, 2.75) is 48.7 Å². The zero-order chi connectivity index (χ0) is 15.9. The van der Waals surface area contributed by atoms with Crippen molar-refractivity contribution in [1.29, 1.82) is 0 Å². The molecule has 1 fully saturated rings. The number of hydrogen-bond donors (Lipinski definition) is 0. The van der Waals surface area contributed by atoms with Gasteiger partial charge in [-0.15, -0.1) is 0 Å². The molecule has 1 saturated carbocycles. The molecule has 0 spiro atoms. The third-order valence-electron chi connectivity index (χ3n) is 3.97. The highest BCUT2D eigenvalue weighted by atomic mass is 32.2. The molecule has 0 unspecified atom stereocenters. The highest BCUT2D eigenvalue weighted by molar-refractivity contribution is 7.92. The Hall–Kier alpha value is -1.11. The van der Waals surface area contributed by atoms with Gasteiger partial charge in [-0.3, -0.25) is 0 Å². The van der Waals surface area contributed by atoms with E-state index in [-0.39, 0.29) is 18.8 Å². The molecule has 0 N–H and O–H groups in total. The second-order valence-corrected chi connectivity index (χ2v) is 7.80. The van der Waals surface area contributed by atoms with Crippen LogP contribution in [0.3, 0.4) is 0 Å². The summed E-state index contributed by atoms with van der Waals surface area (Å²) in [6, 6.07) is 3.29. The Balaban J connectivity index is 2.40. The first kappa shape index (κ1) is 16.3. The van der Waals surface area contributed by atoms with Crippen LogP contribution in [-0.4, -0.2) is 13.4 Å². The second kappa shape index (κ2) is 5.26. The van der Waals surface area contributed by atoms with E-state index < -0.39 is 31.5 Å². The van der Waals surface area contributed by atoms with Gasteiger partial charge in [-0.2, -0.15) is 13.2 Å². The molecule has 1 aliphatic rings. The number of alkyl halides is 4. The molecule has 0 atom stereocenters. The molecule has 21 heavy (non-hydrogen) atoms. The maximum atomic E-state index is 14.8. The van der Waals surface area contributed by atoms with E-state index in [2.05, 4.69) is 0 Å². The highest BCUT2D eigenvalue weighted by Gasteiger charge is 2.47. The van der Waals surface area contributed by atoms with Crippen molar-refractivity contribution in [2.75, 3.05) is 0 Å². The first-order valence-corrected chi connectivity index (χ1v) is 8.15. The van der Waals surface area contributed by atoms with E-state index in [0.29, 0.717) is 18.9 Å². The smallest absolute Gasteiger partial charge is 0.226 e. The van der Waals surface area contributed by atoms with E-state index in [9.17, 15) is 26.0 Å². The van der Waals surface area contributed by atoms with Crippen LogP contribution in [0.4, 0.5) is 17.6 Å². The van der Waals surface area contributed by atoms with Crippen LogP contribution in [0, 0.1) is 5.92 Å². The Morgan fingerprint density at radius 1 is 1.19 bits per heavy atom. The van der Waals surface area contributed by atoms with Gasteiger partial charge >= 0.3 is 6.18 Å². The largest absolute Gasteiger partial charge is 0.416 e. The fourth-order valence-corrected chi connectivity index (χ4v) is 4.25. The van der Waals surface area contributed by atoms with Gasteiger partial charge in [0, 0.05) is 0 Å². The first-order valence-electron chi connectivity index (χ1n) is 6.67. The molecule has 118 valence electrons. The third kappa shape index (κ3) is 3.07. The van der Waals surface area contributed by atoms with Crippen LogP contribution in [0.5, 0.6) is 0 Å². The molecule has 2 nitrogen and oxygen atoms in total. The van der Waals surface area contributed by atoms with Crippen molar-refractivity contribution in [1.82, 2.24) is 0 Å². The lowest BCUT2D eigenvalue weighted by Gasteiger charge is -2.32. The van der Waals surface area contributed by atoms with Gasteiger partial charge in [0.05, 0.1) is 10.5 Å². The van der Waals surface area contributed by atoms with Gasteiger partial charge in [0.1, 0.15) is 0 Å². The van der Waals surface area contributed by atoms with Crippen LogP contribution in [0.1, 0.15) is 38.2 Å². The third-order valence-corrected chi connectivity index (χ3v) is 6.22. The topological polar surface area (TPSA) is 34.1 Å². The molecule has 0 heterocycles. The van der Waals surface area contributed by atoms with E-state index >= 15 is 0 Å². The van der Waals surface area contributed by atoms with Gasteiger partial charge in [0.15, 0.2) is 0 Å².